The van der Waals surface area contributed by atoms with Crippen molar-refractivity contribution in [1.82, 2.24) is 9.55 Å². The van der Waals surface area contributed by atoms with E-state index in [2.05, 4.69) is 4.98 Å². The Morgan fingerprint density at radius 3 is 2.68 bits per heavy atom. The van der Waals surface area contributed by atoms with Crippen LogP contribution in [0.3, 0.4) is 0 Å². The maximum atomic E-state index is 11.8. The molecule has 0 aromatic carbocycles. The number of aliphatic hydroxyl groups excluding tert-OH is 2. The molecule has 4 unspecified atom stereocenters. The molecule has 1 fully saturated rings. The molecule has 1 aromatic rings. The summed E-state index contributed by atoms with van der Waals surface area (Å²) < 4.78 is 6.87. The highest BCUT2D eigenvalue weighted by Crippen LogP contribution is 2.40. The fourth-order valence-electron chi connectivity index (χ4n) is 2.38. The highest BCUT2D eigenvalue weighted by atomic mass is 16.6. The lowest BCUT2D eigenvalue weighted by Gasteiger charge is -2.25. The van der Waals surface area contributed by atoms with Crippen LogP contribution in [0.2, 0.25) is 0 Å². The van der Waals surface area contributed by atoms with Crippen LogP contribution in [0, 0.1) is 12.8 Å². The van der Waals surface area contributed by atoms with Crippen LogP contribution in [0.4, 0.5) is 0 Å². The number of aromatic nitrogens is 2. The number of aryl methyl sites for hydroxylation is 1. The Balaban J connectivity index is 2.47. The van der Waals surface area contributed by atoms with Crippen molar-refractivity contribution in [3.05, 3.63) is 32.6 Å². The number of aromatic amines is 1. The lowest BCUT2D eigenvalue weighted by molar-refractivity contribution is -0.117. The fraction of sp³-hybridized carbons (Fsp3) is 0.667. The molecule has 1 aliphatic rings. The number of rotatable bonds is 2. The SMILES string of the molecule is Cc1cn(C2OC(C)(CO)C(O)C2C)c(=O)[nH]c1=O. The Morgan fingerprint density at radius 1 is 1.53 bits per heavy atom. The molecule has 4 atom stereocenters. The molecule has 0 radical (unpaired) electrons. The van der Waals surface area contributed by atoms with E-state index in [0.717, 1.165) is 0 Å². The van der Waals surface area contributed by atoms with Crippen molar-refractivity contribution in [2.45, 2.75) is 38.7 Å². The Labute approximate surface area is 109 Å². The van der Waals surface area contributed by atoms with Gasteiger partial charge >= 0.3 is 5.69 Å². The highest BCUT2D eigenvalue weighted by molar-refractivity contribution is 5.04. The van der Waals surface area contributed by atoms with Crippen molar-refractivity contribution in [3.63, 3.8) is 0 Å². The molecule has 0 aliphatic carbocycles. The second-order valence-corrected chi connectivity index (χ2v) is 5.26. The lowest BCUT2D eigenvalue weighted by atomic mass is 9.93. The maximum Gasteiger partial charge on any atom is 0.330 e. The summed E-state index contributed by atoms with van der Waals surface area (Å²) in [5, 5.41) is 19.4. The zero-order chi connectivity index (χ0) is 14.4. The van der Waals surface area contributed by atoms with Gasteiger partial charge in [-0.05, 0) is 13.8 Å². The fourth-order valence-corrected chi connectivity index (χ4v) is 2.38. The molecule has 7 nitrogen and oxygen atoms in total. The van der Waals surface area contributed by atoms with E-state index in [9.17, 15) is 19.8 Å². The van der Waals surface area contributed by atoms with Gasteiger partial charge in [-0.3, -0.25) is 14.3 Å². The minimum atomic E-state index is -1.12. The number of nitrogens with zero attached hydrogens (tertiary/aromatic N) is 1. The second kappa shape index (κ2) is 4.59. The number of hydrogen-bond donors (Lipinski definition) is 3. The van der Waals surface area contributed by atoms with Crippen LogP contribution < -0.4 is 11.2 Å². The van der Waals surface area contributed by atoms with Crippen LogP contribution in [-0.2, 0) is 4.74 Å². The minimum Gasteiger partial charge on any atom is -0.393 e. The predicted octanol–water partition coefficient (Wildman–Crippen LogP) is -0.878. The van der Waals surface area contributed by atoms with Crippen LogP contribution in [0.25, 0.3) is 0 Å². The van der Waals surface area contributed by atoms with E-state index in [4.69, 9.17) is 4.74 Å². The number of H-pyrrole nitrogens is 1. The number of nitrogens with one attached hydrogen (secondary N) is 1. The molecular weight excluding hydrogens is 252 g/mol. The third-order valence-electron chi connectivity index (χ3n) is 3.70. The van der Waals surface area contributed by atoms with Gasteiger partial charge in [-0.25, -0.2) is 4.79 Å². The molecule has 0 spiro atoms. The van der Waals surface area contributed by atoms with Gasteiger partial charge in [0.25, 0.3) is 5.56 Å². The molecule has 1 saturated heterocycles. The molecule has 2 rings (SSSR count). The van der Waals surface area contributed by atoms with Crippen LogP contribution >= 0.6 is 0 Å². The Kier molecular flexibility index (Phi) is 3.38. The average Bonchev–Trinajstić information content (AvgIpc) is 2.59. The first-order valence-electron chi connectivity index (χ1n) is 6.09. The van der Waals surface area contributed by atoms with Crippen molar-refractivity contribution >= 4 is 0 Å². The summed E-state index contributed by atoms with van der Waals surface area (Å²) in [6, 6.07) is 0. The summed E-state index contributed by atoms with van der Waals surface area (Å²) in [5.74, 6) is -0.389. The predicted molar refractivity (Wildman–Crippen MR) is 66.8 cm³/mol. The molecule has 1 aliphatic heterocycles. The van der Waals surface area contributed by atoms with Gasteiger partial charge in [0.2, 0.25) is 0 Å². The van der Waals surface area contributed by atoms with Crippen molar-refractivity contribution in [3.8, 4) is 0 Å². The van der Waals surface area contributed by atoms with E-state index < -0.39 is 29.2 Å². The Morgan fingerprint density at radius 2 is 2.16 bits per heavy atom. The molecule has 0 bridgehead atoms. The van der Waals surface area contributed by atoms with Gasteiger partial charge in [0, 0.05) is 17.7 Å². The largest absolute Gasteiger partial charge is 0.393 e. The van der Waals surface area contributed by atoms with Crippen molar-refractivity contribution in [1.29, 1.82) is 0 Å². The first-order chi connectivity index (χ1) is 8.80. The third-order valence-corrected chi connectivity index (χ3v) is 3.70. The van der Waals surface area contributed by atoms with E-state index in [0.29, 0.717) is 5.56 Å². The number of ether oxygens (including phenoxy) is 1. The minimum absolute atomic E-state index is 0.355. The summed E-state index contributed by atoms with van der Waals surface area (Å²) >= 11 is 0. The Bertz CT molecular complexity index is 593. The summed E-state index contributed by atoms with van der Waals surface area (Å²) in [5.41, 5.74) is -1.78. The van der Waals surface area contributed by atoms with Crippen molar-refractivity contribution in [2.75, 3.05) is 6.61 Å². The van der Waals surface area contributed by atoms with Gasteiger partial charge in [-0.15, -0.1) is 0 Å². The molecule has 19 heavy (non-hydrogen) atoms. The van der Waals surface area contributed by atoms with Crippen LogP contribution in [-0.4, -0.2) is 38.1 Å². The van der Waals surface area contributed by atoms with E-state index in [1.165, 1.54) is 10.8 Å². The zero-order valence-corrected chi connectivity index (χ0v) is 11.1. The monoisotopic (exact) mass is 270 g/mol. The molecular formula is C12H18N2O5. The first-order valence-corrected chi connectivity index (χ1v) is 6.09. The lowest BCUT2D eigenvalue weighted by Crippen LogP contribution is -2.41. The van der Waals surface area contributed by atoms with E-state index in [-0.39, 0.29) is 12.5 Å². The number of aliphatic hydroxyl groups is 2. The molecule has 0 saturated carbocycles. The first kappa shape index (κ1) is 14.0. The van der Waals surface area contributed by atoms with Crippen LogP contribution in [0.5, 0.6) is 0 Å². The highest BCUT2D eigenvalue weighted by Gasteiger charge is 2.50. The average molecular weight is 270 g/mol. The van der Waals surface area contributed by atoms with Gasteiger partial charge in [-0.2, -0.15) is 0 Å². The van der Waals surface area contributed by atoms with Crippen LogP contribution in [0.1, 0.15) is 25.6 Å². The quantitative estimate of drug-likeness (QED) is 0.647. The van der Waals surface area contributed by atoms with E-state index >= 15 is 0 Å². The van der Waals surface area contributed by atoms with Gasteiger partial charge < -0.3 is 14.9 Å². The standard InChI is InChI=1S/C12H18N2O5/c1-6-4-14(11(18)13-9(6)17)10-7(2)8(16)12(3,5-15)19-10/h4,7-8,10,15-16H,5H2,1-3H3,(H,13,17,18). The second-order valence-electron chi connectivity index (χ2n) is 5.26. The van der Waals surface area contributed by atoms with Gasteiger partial charge in [-0.1, -0.05) is 6.92 Å². The summed E-state index contributed by atoms with van der Waals surface area (Å²) in [7, 11) is 0. The zero-order valence-electron chi connectivity index (χ0n) is 11.1. The topological polar surface area (TPSA) is 105 Å². The third kappa shape index (κ3) is 2.13. The molecule has 0 amide bonds. The molecule has 7 heteroatoms. The number of hydrogen-bond acceptors (Lipinski definition) is 5. The molecule has 2 heterocycles. The molecule has 3 N–H and O–H groups in total. The molecule has 1 aromatic heterocycles. The molecule has 106 valence electrons. The normalized spacial score (nSPS) is 34.7. The van der Waals surface area contributed by atoms with E-state index in [1.807, 2.05) is 0 Å². The van der Waals surface area contributed by atoms with Gasteiger partial charge in [0.15, 0.2) is 0 Å². The van der Waals surface area contributed by atoms with Crippen molar-refractivity contribution < 1.29 is 14.9 Å². The summed E-state index contributed by atoms with van der Waals surface area (Å²) in [4.78, 5) is 25.3. The van der Waals surface area contributed by atoms with Gasteiger partial charge in [0.05, 0.1) is 12.7 Å². The summed E-state index contributed by atoms with van der Waals surface area (Å²) in [6.07, 6.45) is -0.227. The smallest absolute Gasteiger partial charge is 0.330 e. The summed E-state index contributed by atoms with van der Waals surface area (Å²) in [6.45, 7) is 4.53. The van der Waals surface area contributed by atoms with E-state index in [1.54, 1.807) is 20.8 Å². The van der Waals surface area contributed by atoms with Crippen molar-refractivity contribution in [2.24, 2.45) is 5.92 Å². The van der Waals surface area contributed by atoms with Crippen LogP contribution in [0.15, 0.2) is 15.8 Å². The maximum absolute atomic E-state index is 11.8. The Hall–Kier alpha value is -1.44. The van der Waals surface area contributed by atoms with Gasteiger partial charge in [0.1, 0.15) is 11.8 Å².